The molecule has 1 amide bonds. The summed E-state index contributed by atoms with van der Waals surface area (Å²) in [5.41, 5.74) is 5.52. The minimum atomic E-state index is -0.186. The zero-order valence-corrected chi connectivity index (χ0v) is 20.3. The van der Waals surface area contributed by atoms with Gasteiger partial charge in [-0.25, -0.2) is 0 Å². The lowest BCUT2D eigenvalue weighted by Gasteiger charge is -2.32. The average molecular weight is 480 g/mol. The SMILES string of the molecule is COc1ccc(-c2n[nH]c3c2C(c2ccc(OCc4ccccc4)cc2)N(C2CCCC2)C3=O)cc1. The fourth-order valence-corrected chi connectivity index (χ4v) is 5.51. The monoisotopic (exact) mass is 479 g/mol. The van der Waals surface area contributed by atoms with Crippen LogP contribution in [0.1, 0.15) is 58.9 Å². The van der Waals surface area contributed by atoms with Gasteiger partial charge in [0.15, 0.2) is 0 Å². The number of amides is 1. The number of hydrogen-bond donors (Lipinski definition) is 1. The van der Waals surface area contributed by atoms with E-state index in [1.807, 2.05) is 54.6 Å². The first-order valence-electron chi connectivity index (χ1n) is 12.5. The number of benzene rings is 3. The molecule has 36 heavy (non-hydrogen) atoms. The Hall–Kier alpha value is -4.06. The molecule has 1 fully saturated rings. The Morgan fingerprint density at radius 1 is 0.917 bits per heavy atom. The van der Waals surface area contributed by atoms with Crippen LogP contribution in [-0.4, -0.2) is 34.2 Å². The molecule has 182 valence electrons. The van der Waals surface area contributed by atoms with E-state index < -0.39 is 0 Å². The van der Waals surface area contributed by atoms with Crippen molar-refractivity contribution >= 4 is 5.91 Å². The van der Waals surface area contributed by atoms with Gasteiger partial charge < -0.3 is 14.4 Å². The maximum Gasteiger partial charge on any atom is 0.273 e. The molecule has 1 unspecified atom stereocenters. The van der Waals surface area contributed by atoms with E-state index in [0.29, 0.717) is 12.3 Å². The van der Waals surface area contributed by atoms with Crippen LogP contribution in [0.25, 0.3) is 11.3 Å². The summed E-state index contributed by atoms with van der Waals surface area (Å²) < 4.78 is 11.3. The summed E-state index contributed by atoms with van der Waals surface area (Å²) in [5, 5.41) is 7.66. The lowest BCUT2D eigenvalue weighted by Crippen LogP contribution is -2.37. The Morgan fingerprint density at radius 2 is 1.61 bits per heavy atom. The van der Waals surface area contributed by atoms with Crippen molar-refractivity contribution in [1.82, 2.24) is 15.1 Å². The van der Waals surface area contributed by atoms with Crippen molar-refractivity contribution in [3.05, 3.63) is 101 Å². The fraction of sp³-hybridized carbons (Fsp3) is 0.267. The Morgan fingerprint density at radius 3 is 2.31 bits per heavy atom. The first kappa shape index (κ1) is 22.4. The molecule has 3 aromatic carbocycles. The minimum Gasteiger partial charge on any atom is -0.497 e. The van der Waals surface area contributed by atoms with Crippen LogP contribution in [0, 0.1) is 0 Å². The van der Waals surface area contributed by atoms with E-state index >= 15 is 0 Å². The first-order chi connectivity index (χ1) is 17.7. The van der Waals surface area contributed by atoms with Crippen molar-refractivity contribution < 1.29 is 14.3 Å². The standard InChI is InChI=1S/C30H29N3O3/c1-35-24-15-11-21(12-16-24)27-26-28(32-31-27)30(34)33(23-9-5-6-10-23)29(26)22-13-17-25(18-14-22)36-19-20-7-3-2-4-8-20/h2-4,7-8,11-18,23,29H,5-6,9-10,19H2,1H3,(H,31,32). The van der Waals surface area contributed by atoms with Crippen molar-refractivity contribution in [2.75, 3.05) is 7.11 Å². The number of carbonyl (C=O) groups excluding carboxylic acids is 1. The van der Waals surface area contributed by atoms with Crippen molar-refractivity contribution in [2.45, 2.75) is 44.4 Å². The van der Waals surface area contributed by atoms with Crippen LogP contribution in [0.15, 0.2) is 78.9 Å². The second-order valence-electron chi connectivity index (χ2n) is 9.49. The Bertz CT molecular complexity index is 1340. The van der Waals surface area contributed by atoms with Crippen molar-refractivity contribution in [1.29, 1.82) is 0 Å². The molecule has 1 aliphatic carbocycles. The highest BCUT2D eigenvalue weighted by atomic mass is 16.5. The highest BCUT2D eigenvalue weighted by Crippen LogP contribution is 2.46. The molecule has 6 nitrogen and oxygen atoms in total. The lowest BCUT2D eigenvalue weighted by molar-refractivity contribution is 0.0660. The van der Waals surface area contributed by atoms with Gasteiger partial charge in [0.2, 0.25) is 0 Å². The molecule has 1 aliphatic heterocycles. The number of H-pyrrole nitrogens is 1. The van der Waals surface area contributed by atoms with Gasteiger partial charge in [-0.1, -0.05) is 55.3 Å². The van der Waals surface area contributed by atoms with Gasteiger partial charge >= 0.3 is 0 Å². The summed E-state index contributed by atoms with van der Waals surface area (Å²) in [4.78, 5) is 15.7. The zero-order valence-electron chi connectivity index (χ0n) is 20.3. The number of nitrogens with zero attached hydrogens (tertiary/aromatic N) is 2. The highest BCUT2D eigenvalue weighted by Gasteiger charge is 2.45. The van der Waals surface area contributed by atoms with E-state index in [4.69, 9.17) is 9.47 Å². The van der Waals surface area contributed by atoms with Gasteiger partial charge in [-0.3, -0.25) is 9.89 Å². The largest absolute Gasteiger partial charge is 0.497 e. The summed E-state index contributed by atoms with van der Waals surface area (Å²) >= 11 is 0. The molecule has 6 rings (SSSR count). The predicted molar refractivity (Wildman–Crippen MR) is 138 cm³/mol. The van der Waals surface area contributed by atoms with Crippen LogP contribution in [0.4, 0.5) is 0 Å². The van der Waals surface area contributed by atoms with E-state index in [1.165, 1.54) is 0 Å². The van der Waals surface area contributed by atoms with Gasteiger partial charge in [-0.2, -0.15) is 5.10 Å². The first-order valence-corrected chi connectivity index (χ1v) is 12.5. The van der Waals surface area contributed by atoms with Crippen LogP contribution in [-0.2, 0) is 6.61 Å². The van der Waals surface area contributed by atoms with E-state index in [-0.39, 0.29) is 18.0 Å². The highest BCUT2D eigenvalue weighted by molar-refractivity contribution is 6.00. The van der Waals surface area contributed by atoms with E-state index in [0.717, 1.165) is 65.1 Å². The molecule has 1 aromatic heterocycles. The maximum absolute atomic E-state index is 13.6. The smallest absolute Gasteiger partial charge is 0.273 e. The summed E-state index contributed by atoms with van der Waals surface area (Å²) in [6.07, 6.45) is 4.39. The number of aromatic amines is 1. The van der Waals surface area contributed by atoms with Crippen molar-refractivity contribution in [3.63, 3.8) is 0 Å². The number of rotatable bonds is 7. The average Bonchev–Trinajstić information content (AvgIpc) is 3.67. The topological polar surface area (TPSA) is 67.5 Å². The van der Waals surface area contributed by atoms with Crippen LogP contribution in [0.5, 0.6) is 11.5 Å². The quantitative estimate of drug-likeness (QED) is 0.345. The van der Waals surface area contributed by atoms with E-state index in [9.17, 15) is 4.79 Å². The second kappa shape index (κ2) is 9.53. The summed E-state index contributed by atoms with van der Waals surface area (Å²) in [7, 11) is 1.66. The Kier molecular flexibility index (Phi) is 5.93. The number of methoxy groups -OCH3 is 1. The van der Waals surface area contributed by atoms with Gasteiger partial charge in [-0.05, 0) is 60.4 Å². The van der Waals surface area contributed by atoms with Crippen LogP contribution in [0.2, 0.25) is 0 Å². The maximum atomic E-state index is 13.6. The molecule has 4 aromatic rings. The molecule has 0 spiro atoms. The molecule has 2 aliphatic rings. The predicted octanol–water partition coefficient (Wildman–Crippen LogP) is 6.15. The van der Waals surface area contributed by atoms with E-state index in [1.54, 1.807) is 7.11 Å². The van der Waals surface area contributed by atoms with E-state index in [2.05, 4.69) is 39.4 Å². The van der Waals surface area contributed by atoms with Gasteiger partial charge in [0.1, 0.15) is 23.8 Å². The Balaban J connectivity index is 1.35. The third-order valence-electron chi connectivity index (χ3n) is 7.33. The molecule has 1 saturated carbocycles. The van der Waals surface area contributed by atoms with Crippen LogP contribution < -0.4 is 9.47 Å². The minimum absolute atomic E-state index is 0.0403. The third-order valence-corrected chi connectivity index (χ3v) is 7.33. The molecule has 6 heteroatoms. The Labute approximate surface area is 210 Å². The molecule has 1 N–H and O–H groups in total. The molecular weight excluding hydrogens is 450 g/mol. The van der Waals surface area contributed by atoms with Crippen LogP contribution in [0.3, 0.4) is 0 Å². The summed E-state index contributed by atoms with van der Waals surface area (Å²) in [6.45, 7) is 0.518. The number of carbonyl (C=O) groups is 1. The third kappa shape index (κ3) is 4.02. The normalized spacial score (nSPS) is 17.4. The molecule has 0 bridgehead atoms. The zero-order chi connectivity index (χ0) is 24.5. The lowest BCUT2D eigenvalue weighted by atomic mass is 9.95. The number of aromatic nitrogens is 2. The second-order valence-corrected chi connectivity index (χ2v) is 9.49. The molecule has 2 heterocycles. The van der Waals surface area contributed by atoms with Crippen molar-refractivity contribution in [2.24, 2.45) is 0 Å². The molecule has 1 atom stereocenters. The van der Waals surface area contributed by atoms with Crippen LogP contribution >= 0.6 is 0 Å². The summed E-state index contributed by atoms with van der Waals surface area (Å²) in [6, 6.07) is 26.2. The molecular formula is C30H29N3O3. The number of ether oxygens (including phenoxy) is 2. The number of fused-ring (bicyclic) bond motifs is 1. The van der Waals surface area contributed by atoms with Gasteiger partial charge in [0, 0.05) is 17.2 Å². The number of hydrogen-bond acceptors (Lipinski definition) is 4. The number of nitrogens with one attached hydrogen (secondary N) is 1. The molecule has 0 radical (unpaired) electrons. The summed E-state index contributed by atoms with van der Waals surface area (Å²) in [5.74, 6) is 1.64. The molecule has 0 saturated heterocycles. The van der Waals surface area contributed by atoms with Gasteiger partial charge in [-0.15, -0.1) is 0 Å². The van der Waals surface area contributed by atoms with Crippen molar-refractivity contribution in [3.8, 4) is 22.8 Å². The van der Waals surface area contributed by atoms with Gasteiger partial charge in [0.25, 0.3) is 5.91 Å². The fourth-order valence-electron chi connectivity index (χ4n) is 5.51. The van der Waals surface area contributed by atoms with Gasteiger partial charge in [0.05, 0.1) is 18.8 Å².